The lowest BCUT2D eigenvalue weighted by Gasteiger charge is -2.36. The fourth-order valence-corrected chi connectivity index (χ4v) is 5.09. The Hall–Kier alpha value is -3.26. The van der Waals surface area contributed by atoms with E-state index in [1.54, 1.807) is 25.4 Å². The minimum Gasteiger partial charge on any atom is -0.507 e. The first-order valence-corrected chi connectivity index (χ1v) is 12.2. The highest BCUT2D eigenvalue weighted by Gasteiger charge is 2.32. The van der Waals surface area contributed by atoms with Gasteiger partial charge in [-0.2, -0.15) is 0 Å². The zero-order valence-electron chi connectivity index (χ0n) is 20.9. The lowest BCUT2D eigenvalue weighted by Crippen LogP contribution is -2.47. The van der Waals surface area contributed by atoms with Crippen molar-refractivity contribution in [1.82, 2.24) is 20.1 Å². The zero-order chi connectivity index (χ0) is 25.2. The van der Waals surface area contributed by atoms with Gasteiger partial charge in [-0.3, -0.25) is 4.79 Å². The lowest BCUT2D eigenvalue weighted by atomic mass is 9.90. The minimum absolute atomic E-state index is 0.103. The maximum absolute atomic E-state index is 15.0. The number of nitrogens with one attached hydrogen (secondary N) is 1. The molecule has 1 aromatic carbocycles. The van der Waals surface area contributed by atoms with Gasteiger partial charge in [-0.15, -0.1) is 10.2 Å². The zero-order valence-corrected chi connectivity index (χ0v) is 20.9. The molecule has 35 heavy (non-hydrogen) atoms. The number of nitrogens with zero attached hydrogens (tertiary/aromatic N) is 4. The third-order valence-electron chi connectivity index (χ3n) is 7.14. The highest BCUT2D eigenvalue weighted by molar-refractivity contribution is 5.74. The summed E-state index contributed by atoms with van der Waals surface area (Å²) in [6, 6.07) is 9.51. The van der Waals surface area contributed by atoms with Gasteiger partial charge in [0.15, 0.2) is 5.82 Å². The molecule has 2 atom stereocenters. The van der Waals surface area contributed by atoms with Crippen LogP contribution in [0.15, 0.2) is 47.4 Å². The normalized spacial score (nSPS) is 20.4. The van der Waals surface area contributed by atoms with Gasteiger partial charge in [0.2, 0.25) is 0 Å². The lowest BCUT2D eigenvalue weighted by molar-refractivity contribution is 0.304. The molecule has 2 heterocycles. The number of benzene rings is 1. The van der Waals surface area contributed by atoms with Crippen LogP contribution in [0.5, 0.6) is 5.75 Å². The molecule has 0 bridgehead atoms. The second-order valence-corrected chi connectivity index (χ2v) is 9.80. The van der Waals surface area contributed by atoms with Crippen LogP contribution in [0, 0.1) is 5.82 Å². The SMILES string of the molecule is CCN[C@]1(C)CCCC[C@H](N(C)c2ccc(-c3cc(F)c(-c4ccn(C)c(=O)c4)cc3O)nn2)C1. The fourth-order valence-electron chi connectivity index (χ4n) is 5.09. The third kappa shape index (κ3) is 5.37. The van der Waals surface area contributed by atoms with Crippen molar-refractivity contribution in [2.45, 2.75) is 57.5 Å². The molecule has 1 saturated carbocycles. The predicted octanol–water partition coefficient (Wildman–Crippen LogP) is 4.49. The number of aromatic hydroxyl groups is 1. The Morgan fingerprint density at radius 1 is 1.20 bits per heavy atom. The van der Waals surface area contributed by atoms with Crippen molar-refractivity contribution < 1.29 is 9.50 Å². The van der Waals surface area contributed by atoms with Crippen LogP contribution in [-0.4, -0.2) is 45.0 Å². The number of hydrogen-bond donors (Lipinski definition) is 2. The molecule has 1 fully saturated rings. The molecule has 0 aliphatic heterocycles. The Bertz CT molecular complexity index is 1240. The average Bonchev–Trinajstić information content (AvgIpc) is 3.03. The molecule has 0 saturated heterocycles. The van der Waals surface area contributed by atoms with Crippen LogP contribution in [0.3, 0.4) is 0 Å². The van der Waals surface area contributed by atoms with Crippen molar-refractivity contribution in [2.24, 2.45) is 7.05 Å². The molecule has 186 valence electrons. The van der Waals surface area contributed by atoms with E-state index in [4.69, 9.17) is 0 Å². The smallest absolute Gasteiger partial charge is 0.250 e. The average molecular weight is 480 g/mol. The largest absolute Gasteiger partial charge is 0.507 e. The van der Waals surface area contributed by atoms with E-state index in [-0.39, 0.29) is 28.0 Å². The summed E-state index contributed by atoms with van der Waals surface area (Å²) < 4.78 is 16.4. The molecular formula is C27H34FN5O2. The number of phenolic OH excluding ortho intramolecular Hbond substituents is 1. The van der Waals surface area contributed by atoms with Gasteiger partial charge in [-0.1, -0.05) is 19.8 Å². The molecule has 2 aromatic heterocycles. The maximum Gasteiger partial charge on any atom is 0.250 e. The van der Waals surface area contributed by atoms with Crippen molar-refractivity contribution in [3.8, 4) is 28.1 Å². The molecule has 0 spiro atoms. The van der Waals surface area contributed by atoms with Gasteiger partial charge in [-0.05, 0) is 68.6 Å². The molecule has 0 unspecified atom stereocenters. The minimum atomic E-state index is -0.546. The van der Waals surface area contributed by atoms with Crippen LogP contribution in [0.2, 0.25) is 0 Å². The topological polar surface area (TPSA) is 83.3 Å². The van der Waals surface area contributed by atoms with E-state index in [1.165, 1.54) is 35.6 Å². The molecule has 0 radical (unpaired) electrons. The summed E-state index contributed by atoms with van der Waals surface area (Å²) in [6.45, 7) is 5.39. The van der Waals surface area contributed by atoms with Gasteiger partial charge in [0.25, 0.3) is 5.56 Å². The predicted molar refractivity (Wildman–Crippen MR) is 137 cm³/mol. The monoisotopic (exact) mass is 479 g/mol. The van der Waals surface area contributed by atoms with E-state index in [0.717, 1.165) is 31.6 Å². The molecule has 0 amide bonds. The van der Waals surface area contributed by atoms with Crippen LogP contribution >= 0.6 is 0 Å². The molecule has 1 aliphatic carbocycles. The van der Waals surface area contributed by atoms with Crippen LogP contribution in [0.25, 0.3) is 22.4 Å². The summed E-state index contributed by atoms with van der Waals surface area (Å²) in [5, 5.41) is 23.0. The number of aryl methyl sites for hydroxylation is 1. The number of anilines is 1. The number of halogens is 1. The molecule has 8 heteroatoms. The van der Waals surface area contributed by atoms with E-state index in [0.29, 0.717) is 17.3 Å². The Labute approximate surface area is 205 Å². The van der Waals surface area contributed by atoms with E-state index in [1.807, 2.05) is 13.1 Å². The molecule has 7 nitrogen and oxygen atoms in total. The van der Waals surface area contributed by atoms with Crippen LogP contribution < -0.4 is 15.8 Å². The summed E-state index contributed by atoms with van der Waals surface area (Å²) in [5.74, 6) is 0.0779. The van der Waals surface area contributed by atoms with Gasteiger partial charge in [-0.25, -0.2) is 4.39 Å². The molecule has 3 aromatic rings. The number of pyridine rings is 1. The number of aromatic nitrogens is 3. The first-order chi connectivity index (χ1) is 16.7. The van der Waals surface area contributed by atoms with Crippen molar-refractivity contribution in [3.05, 3.63) is 58.8 Å². The number of hydrogen-bond acceptors (Lipinski definition) is 6. The van der Waals surface area contributed by atoms with Gasteiger partial charge in [0.1, 0.15) is 11.6 Å². The maximum atomic E-state index is 15.0. The van der Waals surface area contributed by atoms with Crippen LogP contribution in [0.4, 0.5) is 10.2 Å². The van der Waals surface area contributed by atoms with Gasteiger partial charge in [0, 0.05) is 49.1 Å². The summed E-state index contributed by atoms with van der Waals surface area (Å²) in [6.07, 6.45) is 7.23. The van der Waals surface area contributed by atoms with Crippen LogP contribution in [-0.2, 0) is 7.05 Å². The van der Waals surface area contributed by atoms with Crippen molar-refractivity contribution in [2.75, 3.05) is 18.5 Å². The second kappa shape index (κ2) is 10.2. The molecule has 4 rings (SSSR count). The highest BCUT2D eigenvalue weighted by atomic mass is 19.1. The summed E-state index contributed by atoms with van der Waals surface area (Å²) in [5.41, 5.74) is 1.05. The summed E-state index contributed by atoms with van der Waals surface area (Å²) in [4.78, 5) is 14.1. The Kier molecular flexibility index (Phi) is 7.21. The Morgan fingerprint density at radius 3 is 2.69 bits per heavy atom. The van der Waals surface area contributed by atoms with Crippen molar-refractivity contribution in [1.29, 1.82) is 0 Å². The quantitative estimate of drug-likeness (QED) is 0.507. The van der Waals surface area contributed by atoms with Gasteiger partial charge in [0.05, 0.1) is 5.69 Å². The van der Waals surface area contributed by atoms with Gasteiger partial charge < -0.3 is 19.9 Å². The fraction of sp³-hybridized carbons (Fsp3) is 0.444. The first-order valence-electron chi connectivity index (χ1n) is 12.2. The van der Waals surface area contributed by atoms with E-state index in [2.05, 4.69) is 34.3 Å². The third-order valence-corrected chi connectivity index (χ3v) is 7.14. The number of rotatable bonds is 6. The van der Waals surface area contributed by atoms with Crippen molar-refractivity contribution in [3.63, 3.8) is 0 Å². The van der Waals surface area contributed by atoms with E-state index < -0.39 is 5.82 Å². The number of phenols is 1. The van der Waals surface area contributed by atoms with Crippen LogP contribution in [0.1, 0.15) is 46.0 Å². The summed E-state index contributed by atoms with van der Waals surface area (Å²) in [7, 11) is 3.67. The Balaban J connectivity index is 1.57. The van der Waals surface area contributed by atoms with Crippen molar-refractivity contribution >= 4 is 5.82 Å². The Morgan fingerprint density at radius 2 is 2.00 bits per heavy atom. The van der Waals surface area contributed by atoms with E-state index in [9.17, 15) is 14.3 Å². The molecule has 1 aliphatic rings. The first kappa shape index (κ1) is 24.9. The summed E-state index contributed by atoms with van der Waals surface area (Å²) >= 11 is 0. The second-order valence-electron chi connectivity index (χ2n) is 9.80. The molecule has 2 N–H and O–H groups in total. The van der Waals surface area contributed by atoms with Gasteiger partial charge >= 0.3 is 0 Å². The standard InChI is InChI=1S/C27H34FN5O2/c1-5-29-27(2)12-7-6-8-19(17-27)33(4)25-10-9-23(30-31-25)21-15-22(28)20(16-24(21)34)18-11-13-32(3)26(35)14-18/h9-11,13-16,19,29,34H,5-8,12,17H2,1-4H3/t19-,27+/m0/s1. The van der Waals surface area contributed by atoms with E-state index >= 15 is 0 Å². The molecular weight excluding hydrogens is 445 g/mol. The highest BCUT2D eigenvalue weighted by Crippen LogP contribution is 2.35.